The maximum absolute atomic E-state index is 13.7. The van der Waals surface area contributed by atoms with Gasteiger partial charge in [-0.25, -0.2) is 4.39 Å². The van der Waals surface area contributed by atoms with Gasteiger partial charge in [-0.1, -0.05) is 29.3 Å². The molecule has 0 N–H and O–H groups in total. The lowest BCUT2D eigenvalue weighted by Gasteiger charge is -2.45. The fourth-order valence-corrected chi connectivity index (χ4v) is 4.24. The minimum Gasteiger partial charge on any atom is -0.367 e. The molecule has 6 heteroatoms. The molecule has 2 aromatic carbocycles. The predicted octanol–water partition coefficient (Wildman–Crippen LogP) is 4.97. The molecule has 1 unspecified atom stereocenters. The first-order valence-electron chi connectivity index (χ1n) is 7.84. The van der Waals surface area contributed by atoms with Crippen molar-refractivity contribution in [3.63, 3.8) is 0 Å². The summed E-state index contributed by atoms with van der Waals surface area (Å²) in [7, 11) is 0. The zero-order chi connectivity index (χ0) is 16.0. The molecule has 1 saturated heterocycles. The smallest absolute Gasteiger partial charge is 0.123 e. The molecule has 0 aromatic heterocycles. The first-order chi connectivity index (χ1) is 11.1. The van der Waals surface area contributed by atoms with E-state index in [1.807, 2.05) is 18.2 Å². The first kappa shape index (κ1) is 17.8. The lowest BCUT2D eigenvalue weighted by molar-refractivity contribution is 0.166. The molecule has 0 spiro atoms. The average molecular weight is 388 g/mol. The van der Waals surface area contributed by atoms with Crippen LogP contribution in [0.4, 0.5) is 10.1 Å². The van der Waals surface area contributed by atoms with Gasteiger partial charge in [0, 0.05) is 31.2 Å². The molecule has 2 aliphatic heterocycles. The Balaban J connectivity index is 0.00000169. The molecule has 0 radical (unpaired) electrons. The van der Waals surface area contributed by atoms with Crippen LogP contribution in [0.3, 0.4) is 0 Å². The summed E-state index contributed by atoms with van der Waals surface area (Å²) >= 11 is 12.4. The topological polar surface area (TPSA) is 6.48 Å². The van der Waals surface area contributed by atoms with E-state index in [-0.39, 0.29) is 24.3 Å². The summed E-state index contributed by atoms with van der Waals surface area (Å²) in [6.07, 6.45) is 0.994. The van der Waals surface area contributed by atoms with Crippen LogP contribution in [0.15, 0.2) is 36.4 Å². The van der Waals surface area contributed by atoms with Crippen LogP contribution in [-0.4, -0.2) is 31.1 Å². The molecule has 2 heterocycles. The SMILES string of the molecule is Cl.Fc1ccc2c(c1)C1CN(c3ccc(Cl)cc3Cl)CCN1CC2. The molecule has 0 amide bonds. The van der Waals surface area contributed by atoms with Gasteiger partial charge in [0.05, 0.1) is 16.8 Å². The summed E-state index contributed by atoms with van der Waals surface area (Å²) in [4.78, 5) is 4.72. The molecule has 1 atom stereocenters. The van der Waals surface area contributed by atoms with E-state index in [9.17, 15) is 4.39 Å². The van der Waals surface area contributed by atoms with Crippen molar-refractivity contribution < 1.29 is 4.39 Å². The molecule has 128 valence electrons. The van der Waals surface area contributed by atoms with Gasteiger partial charge >= 0.3 is 0 Å². The third-order valence-corrected chi connectivity index (χ3v) is 5.41. The van der Waals surface area contributed by atoms with E-state index in [2.05, 4.69) is 9.80 Å². The van der Waals surface area contributed by atoms with E-state index in [4.69, 9.17) is 23.2 Å². The fraction of sp³-hybridized carbons (Fsp3) is 0.333. The van der Waals surface area contributed by atoms with E-state index in [0.29, 0.717) is 10.0 Å². The van der Waals surface area contributed by atoms with Crippen molar-refractivity contribution in [2.24, 2.45) is 0 Å². The van der Waals surface area contributed by atoms with Crippen LogP contribution in [0.1, 0.15) is 17.2 Å². The highest BCUT2D eigenvalue weighted by Crippen LogP contribution is 2.37. The van der Waals surface area contributed by atoms with Gasteiger partial charge < -0.3 is 4.90 Å². The van der Waals surface area contributed by atoms with Crippen molar-refractivity contribution >= 4 is 41.3 Å². The first-order valence-corrected chi connectivity index (χ1v) is 8.60. The third-order valence-electron chi connectivity index (χ3n) is 4.88. The minimum atomic E-state index is -0.160. The molecule has 1 fully saturated rings. The number of benzene rings is 2. The van der Waals surface area contributed by atoms with Gasteiger partial charge in [-0.3, -0.25) is 4.90 Å². The maximum Gasteiger partial charge on any atom is 0.123 e. The van der Waals surface area contributed by atoms with Crippen molar-refractivity contribution in [3.05, 3.63) is 63.4 Å². The molecule has 2 nitrogen and oxygen atoms in total. The minimum absolute atomic E-state index is 0. The van der Waals surface area contributed by atoms with Crippen LogP contribution in [0, 0.1) is 5.82 Å². The summed E-state index contributed by atoms with van der Waals surface area (Å²) < 4.78 is 13.7. The van der Waals surface area contributed by atoms with Crippen molar-refractivity contribution in [3.8, 4) is 0 Å². The summed E-state index contributed by atoms with van der Waals surface area (Å²) in [5.74, 6) is -0.160. The van der Waals surface area contributed by atoms with E-state index in [1.54, 1.807) is 18.2 Å². The lowest BCUT2D eigenvalue weighted by Crippen LogP contribution is -2.51. The Morgan fingerprint density at radius 1 is 1.00 bits per heavy atom. The Bertz CT molecular complexity index is 753. The summed E-state index contributed by atoms with van der Waals surface area (Å²) in [5.41, 5.74) is 3.38. The molecular weight excluding hydrogens is 370 g/mol. The van der Waals surface area contributed by atoms with Crippen molar-refractivity contribution in [2.75, 3.05) is 31.1 Å². The van der Waals surface area contributed by atoms with Gasteiger partial charge in [-0.05, 0) is 47.9 Å². The number of hydrogen-bond acceptors (Lipinski definition) is 2. The summed E-state index contributed by atoms with van der Waals surface area (Å²) in [6.45, 7) is 3.73. The van der Waals surface area contributed by atoms with Gasteiger partial charge in [-0.15, -0.1) is 12.4 Å². The largest absolute Gasteiger partial charge is 0.367 e. The maximum atomic E-state index is 13.7. The van der Waals surface area contributed by atoms with Gasteiger partial charge in [0.2, 0.25) is 0 Å². The molecule has 2 aliphatic rings. The van der Waals surface area contributed by atoms with Gasteiger partial charge in [-0.2, -0.15) is 0 Å². The van der Waals surface area contributed by atoms with Gasteiger partial charge in [0.15, 0.2) is 0 Å². The van der Waals surface area contributed by atoms with Crippen LogP contribution in [0.25, 0.3) is 0 Å². The molecule has 0 aliphatic carbocycles. The number of piperazine rings is 1. The molecule has 0 saturated carbocycles. The highest BCUT2D eigenvalue weighted by Gasteiger charge is 2.33. The molecular formula is C18H18Cl3FN2. The quantitative estimate of drug-likeness (QED) is 0.681. The van der Waals surface area contributed by atoms with Crippen LogP contribution in [-0.2, 0) is 6.42 Å². The monoisotopic (exact) mass is 386 g/mol. The number of hydrogen-bond donors (Lipinski definition) is 0. The number of rotatable bonds is 1. The van der Waals surface area contributed by atoms with E-state index < -0.39 is 0 Å². The third kappa shape index (κ3) is 3.23. The van der Waals surface area contributed by atoms with Crippen LogP contribution < -0.4 is 4.90 Å². The number of nitrogens with zero attached hydrogens (tertiary/aromatic N) is 2. The summed E-state index contributed by atoms with van der Waals surface area (Å²) in [6, 6.07) is 11.0. The van der Waals surface area contributed by atoms with E-state index >= 15 is 0 Å². The molecule has 24 heavy (non-hydrogen) atoms. The fourth-order valence-electron chi connectivity index (χ4n) is 3.71. The Kier molecular flexibility index (Phi) is 5.26. The number of fused-ring (bicyclic) bond motifs is 3. The second-order valence-corrected chi connectivity index (χ2v) is 7.03. The normalized spacial score (nSPS) is 20.1. The highest BCUT2D eigenvalue weighted by molar-refractivity contribution is 6.36. The van der Waals surface area contributed by atoms with E-state index in [1.165, 1.54) is 5.56 Å². The van der Waals surface area contributed by atoms with Gasteiger partial charge in [0.25, 0.3) is 0 Å². The zero-order valence-electron chi connectivity index (χ0n) is 13.0. The van der Waals surface area contributed by atoms with Crippen LogP contribution >= 0.6 is 35.6 Å². The van der Waals surface area contributed by atoms with Crippen molar-refractivity contribution in [2.45, 2.75) is 12.5 Å². The van der Waals surface area contributed by atoms with Crippen LogP contribution in [0.2, 0.25) is 10.0 Å². The Morgan fingerprint density at radius 3 is 2.62 bits per heavy atom. The van der Waals surface area contributed by atoms with Gasteiger partial charge in [0.1, 0.15) is 5.82 Å². The zero-order valence-corrected chi connectivity index (χ0v) is 15.3. The average Bonchev–Trinajstić information content (AvgIpc) is 2.54. The molecule has 2 aromatic rings. The van der Waals surface area contributed by atoms with E-state index in [0.717, 1.165) is 43.9 Å². The molecule has 0 bridgehead atoms. The molecule has 4 rings (SSSR count). The second-order valence-electron chi connectivity index (χ2n) is 6.19. The number of halogens is 4. The Morgan fingerprint density at radius 2 is 1.83 bits per heavy atom. The van der Waals surface area contributed by atoms with Crippen molar-refractivity contribution in [1.82, 2.24) is 4.90 Å². The lowest BCUT2D eigenvalue weighted by atomic mass is 9.90. The Labute approximate surface area is 157 Å². The summed E-state index contributed by atoms with van der Waals surface area (Å²) in [5, 5.41) is 1.31. The number of anilines is 1. The van der Waals surface area contributed by atoms with Crippen LogP contribution in [0.5, 0.6) is 0 Å². The second kappa shape index (κ2) is 7.09. The standard InChI is InChI=1S/C18H17Cl2FN2.ClH/c19-13-2-4-17(16(20)9-13)23-8-7-22-6-5-12-1-3-14(21)10-15(12)18(22)11-23;/h1-4,9-10,18H,5-8,11H2;1H. The Hall–Kier alpha value is -1.000. The highest BCUT2D eigenvalue weighted by atomic mass is 35.5. The van der Waals surface area contributed by atoms with Crippen molar-refractivity contribution in [1.29, 1.82) is 0 Å². The predicted molar refractivity (Wildman–Crippen MR) is 100 cm³/mol.